The molecule has 2 N–H and O–H groups in total. The standard InChI is InChI=1S/C6H13NO3Se/c1-10-6(8)5(7)3-4-11(2)9/h5H,3-4,7H2,1-2H3/t5-,11?/m0/s1. The Morgan fingerprint density at radius 2 is 2.27 bits per heavy atom. The Balaban J connectivity index is 3.60. The number of nitrogens with two attached hydrogens (primary N) is 1. The van der Waals surface area contributed by atoms with Crippen molar-refractivity contribution < 1.29 is 13.4 Å². The molecule has 0 aliphatic rings. The first-order valence-electron chi connectivity index (χ1n) is 3.21. The Morgan fingerprint density at radius 1 is 1.73 bits per heavy atom. The zero-order valence-electron chi connectivity index (χ0n) is 6.70. The van der Waals surface area contributed by atoms with Gasteiger partial charge in [0.15, 0.2) is 0 Å². The number of rotatable bonds is 4. The molecular formula is C6H13NO3Se. The molecule has 66 valence electrons. The van der Waals surface area contributed by atoms with Crippen LogP contribution in [0.2, 0.25) is 11.1 Å². The molecule has 0 saturated heterocycles. The SMILES string of the molecule is COC(=O)[C@@H](N)CC[Se](C)=O. The molecule has 0 amide bonds. The summed E-state index contributed by atoms with van der Waals surface area (Å²) in [5, 5.41) is 0.538. The van der Waals surface area contributed by atoms with E-state index in [-0.39, 0.29) is 0 Å². The third-order valence-corrected chi connectivity index (χ3v) is 2.92. The van der Waals surface area contributed by atoms with E-state index in [1.54, 1.807) is 5.82 Å². The molecule has 0 aliphatic heterocycles. The molecule has 2 atom stereocenters. The molecule has 0 spiro atoms. The predicted octanol–water partition coefficient (Wildman–Crippen LogP) is -0.0714. The van der Waals surface area contributed by atoms with E-state index < -0.39 is 25.8 Å². The molecule has 0 aromatic carbocycles. The second kappa shape index (κ2) is 5.41. The van der Waals surface area contributed by atoms with Gasteiger partial charge in [-0.05, 0) is 0 Å². The normalized spacial score (nSPS) is 15.5. The minimum atomic E-state index is -1.70. The van der Waals surface area contributed by atoms with E-state index in [1.807, 2.05) is 0 Å². The number of esters is 1. The monoisotopic (exact) mass is 227 g/mol. The van der Waals surface area contributed by atoms with Gasteiger partial charge >= 0.3 is 69.6 Å². The van der Waals surface area contributed by atoms with Crippen molar-refractivity contribution in [3.63, 3.8) is 0 Å². The molecule has 0 saturated carbocycles. The molecular weight excluding hydrogens is 213 g/mol. The van der Waals surface area contributed by atoms with E-state index in [2.05, 4.69) is 4.74 Å². The zero-order valence-corrected chi connectivity index (χ0v) is 8.41. The minimum absolute atomic E-state index is 0.433. The van der Waals surface area contributed by atoms with Gasteiger partial charge in [0.05, 0.1) is 0 Å². The average molecular weight is 226 g/mol. The number of carbonyl (C=O) groups is 1. The van der Waals surface area contributed by atoms with E-state index in [0.29, 0.717) is 11.7 Å². The summed E-state index contributed by atoms with van der Waals surface area (Å²) >= 11 is -1.70. The number of methoxy groups -OCH3 is 1. The van der Waals surface area contributed by atoms with E-state index in [4.69, 9.17) is 5.73 Å². The van der Waals surface area contributed by atoms with Crippen molar-refractivity contribution >= 4 is 19.8 Å². The van der Waals surface area contributed by atoms with Crippen molar-refractivity contribution in [3.8, 4) is 0 Å². The van der Waals surface area contributed by atoms with Gasteiger partial charge in [0.25, 0.3) is 0 Å². The van der Waals surface area contributed by atoms with Gasteiger partial charge in [0.2, 0.25) is 0 Å². The summed E-state index contributed by atoms with van der Waals surface area (Å²) in [5.41, 5.74) is 5.38. The van der Waals surface area contributed by atoms with E-state index in [9.17, 15) is 8.63 Å². The number of hydrogen-bond donors (Lipinski definition) is 1. The van der Waals surface area contributed by atoms with Crippen LogP contribution in [0.15, 0.2) is 0 Å². The molecule has 0 aromatic rings. The summed E-state index contributed by atoms with van der Waals surface area (Å²) in [7, 11) is 1.29. The molecule has 0 radical (unpaired) electrons. The fourth-order valence-corrected chi connectivity index (χ4v) is 1.79. The molecule has 1 unspecified atom stereocenters. The number of hydrogen-bond acceptors (Lipinski definition) is 4. The van der Waals surface area contributed by atoms with E-state index >= 15 is 0 Å². The van der Waals surface area contributed by atoms with Crippen LogP contribution in [-0.2, 0) is 13.4 Å². The predicted molar refractivity (Wildman–Crippen MR) is 41.7 cm³/mol. The number of carbonyl (C=O) groups excluding carboxylic acids is 1. The molecule has 0 rings (SSSR count). The molecule has 0 aliphatic carbocycles. The third-order valence-electron chi connectivity index (χ3n) is 1.22. The van der Waals surface area contributed by atoms with Crippen LogP contribution in [0.3, 0.4) is 0 Å². The summed E-state index contributed by atoms with van der Waals surface area (Å²) in [4.78, 5) is 10.7. The van der Waals surface area contributed by atoms with Crippen LogP contribution in [0.1, 0.15) is 6.42 Å². The van der Waals surface area contributed by atoms with Crippen LogP contribution in [0.5, 0.6) is 0 Å². The van der Waals surface area contributed by atoms with Gasteiger partial charge in [0, 0.05) is 0 Å². The topological polar surface area (TPSA) is 69.4 Å². The molecule has 0 aromatic heterocycles. The first-order chi connectivity index (χ1) is 5.07. The van der Waals surface area contributed by atoms with Crippen LogP contribution >= 0.6 is 0 Å². The Hall–Kier alpha value is -0.251. The second-order valence-corrected chi connectivity index (χ2v) is 5.46. The van der Waals surface area contributed by atoms with Crippen molar-refractivity contribution in [2.45, 2.75) is 23.6 Å². The molecule has 5 heteroatoms. The van der Waals surface area contributed by atoms with Crippen molar-refractivity contribution in [1.29, 1.82) is 0 Å². The molecule has 0 fully saturated rings. The molecule has 11 heavy (non-hydrogen) atoms. The Bertz CT molecular complexity index is 160. The summed E-state index contributed by atoms with van der Waals surface area (Å²) in [6.45, 7) is 0. The molecule has 0 bridgehead atoms. The fraction of sp³-hybridized carbons (Fsp3) is 0.833. The zero-order chi connectivity index (χ0) is 8.85. The van der Waals surface area contributed by atoms with Crippen molar-refractivity contribution in [2.24, 2.45) is 5.73 Å². The van der Waals surface area contributed by atoms with Crippen molar-refractivity contribution in [2.75, 3.05) is 7.11 Å². The van der Waals surface area contributed by atoms with Crippen LogP contribution < -0.4 is 5.73 Å². The van der Waals surface area contributed by atoms with Gasteiger partial charge in [-0.1, -0.05) is 0 Å². The van der Waals surface area contributed by atoms with Crippen LogP contribution in [-0.4, -0.2) is 33.0 Å². The van der Waals surface area contributed by atoms with Crippen molar-refractivity contribution in [3.05, 3.63) is 0 Å². The summed E-state index contributed by atoms with van der Waals surface area (Å²) in [6, 6.07) is -0.611. The van der Waals surface area contributed by atoms with Crippen molar-refractivity contribution in [1.82, 2.24) is 0 Å². The van der Waals surface area contributed by atoms with E-state index in [1.165, 1.54) is 7.11 Å². The van der Waals surface area contributed by atoms with Gasteiger partial charge in [-0.25, -0.2) is 0 Å². The molecule has 4 nitrogen and oxygen atoms in total. The Labute approximate surface area is 70.2 Å². The summed E-state index contributed by atoms with van der Waals surface area (Å²) in [5.74, 6) is 1.24. The summed E-state index contributed by atoms with van der Waals surface area (Å²) in [6.07, 6.45) is 0.456. The van der Waals surface area contributed by atoms with Crippen LogP contribution in [0.4, 0.5) is 0 Å². The number of ether oxygens (including phenoxy) is 1. The fourth-order valence-electron chi connectivity index (χ4n) is 0.562. The van der Waals surface area contributed by atoms with Gasteiger partial charge in [-0.2, -0.15) is 0 Å². The second-order valence-electron chi connectivity index (χ2n) is 2.20. The van der Waals surface area contributed by atoms with Gasteiger partial charge in [0.1, 0.15) is 0 Å². The Morgan fingerprint density at radius 3 is 2.64 bits per heavy atom. The first-order valence-corrected chi connectivity index (χ1v) is 6.83. The first kappa shape index (κ1) is 10.7. The Kier molecular flexibility index (Phi) is 5.28. The van der Waals surface area contributed by atoms with Gasteiger partial charge < -0.3 is 0 Å². The third kappa shape index (κ3) is 5.07. The maximum absolute atomic E-state index is 10.7. The van der Waals surface area contributed by atoms with Gasteiger partial charge in [-0.3, -0.25) is 0 Å². The average Bonchev–Trinajstić information content (AvgIpc) is 1.98. The van der Waals surface area contributed by atoms with E-state index in [0.717, 1.165) is 0 Å². The quantitative estimate of drug-likeness (QED) is 0.538. The maximum atomic E-state index is 10.7. The summed E-state index contributed by atoms with van der Waals surface area (Å²) < 4.78 is 15.1. The van der Waals surface area contributed by atoms with Crippen LogP contribution in [0, 0.1) is 0 Å². The molecule has 0 heterocycles. The van der Waals surface area contributed by atoms with Gasteiger partial charge in [-0.15, -0.1) is 0 Å². The van der Waals surface area contributed by atoms with Crippen LogP contribution in [0.25, 0.3) is 0 Å².